The molecule has 0 N–H and O–H groups in total. The lowest BCUT2D eigenvalue weighted by atomic mass is 10.1. The third-order valence-electron chi connectivity index (χ3n) is 4.12. The van der Waals surface area contributed by atoms with Gasteiger partial charge in [0, 0.05) is 31.0 Å². The molecule has 0 aliphatic heterocycles. The van der Waals surface area contributed by atoms with Gasteiger partial charge in [-0.1, -0.05) is 30.3 Å². The Balaban J connectivity index is 1.94. The maximum atomic E-state index is 12.6. The van der Waals surface area contributed by atoms with Gasteiger partial charge in [0.2, 0.25) is 5.91 Å². The highest BCUT2D eigenvalue weighted by atomic mass is 16.5. The van der Waals surface area contributed by atoms with Crippen LogP contribution in [0.2, 0.25) is 0 Å². The smallest absolute Gasteiger partial charge is 0.223 e. The van der Waals surface area contributed by atoms with Gasteiger partial charge in [0.05, 0.1) is 7.11 Å². The number of amides is 1. The lowest BCUT2D eigenvalue weighted by Crippen LogP contribution is -2.36. The zero-order chi connectivity index (χ0) is 18.2. The molecule has 2 aromatic carbocycles. The van der Waals surface area contributed by atoms with E-state index in [9.17, 15) is 9.59 Å². The van der Waals surface area contributed by atoms with Crippen molar-refractivity contribution in [1.82, 2.24) is 4.90 Å². The first kappa shape index (κ1) is 18.7. The summed E-state index contributed by atoms with van der Waals surface area (Å²) < 4.78 is 5.09. The van der Waals surface area contributed by atoms with Crippen molar-refractivity contribution in [1.29, 1.82) is 0 Å². The van der Waals surface area contributed by atoms with E-state index in [4.69, 9.17) is 4.74 Å². The van der Waals surface area contributed by atoms with Crippen molar-refractivity contribution >= 4 is 11.7 Å². The molecule has 0 bridgehead atoms. The van der Waals surface area contributed by atoms with E-state index < -0.39 is 0 Å². The molecule has 0 aromatic heterocycles. The summed E-state index contributed by atoms with van der Waals surface area (Å²) in [6, 6.07) is 17.0. The minimum atomic E-state index is -0.0283. The van der Waals surface area contributed by atoms with Crippen LogP contribution in [-0.4, -0.2) is 29.7 Å². The van der Waals surface area contributed by atoms with Gasteiger partial charge >= 0.3 is 0 Å². The molecule has 0 unspecified atom stereocenters. The van der Waals surface area contributed by atoms with Gasteiger partial charge in [-0.15, -0.1) is 0 Å². The number of rotatable bonds is 8. The summed E-state index contributed by atoms with van der Waals surface area (Å²) in [4.78, 5) is 26.7. The topological polar surface area (TPSA) is 46.6 Å². The molecular weight excluding hydrogens is 314 g/mol. The van der Waals surface area contributed by atoms with Crippen LogP contribution < -0.4 is 4.74 Å². The lowest BCUT2D eigenvalue weighted by molar-refractivity contribution is -0.133. The fourth-order valence-electron chi connectivity index (χ4n) is 2.62. The number of carbonyl (C=O) groups excluding carboxylic acids is 2. The Bertz CT molecular complexity index is 693. The number of hydrogen-bond donors (Lipinski definition) is 0. The Labute approximate surface area is 149 Å². The normalized spacial score (nSPS) is 10.6. The monoisotopic (exact) mass is 339 g/mol. The summed E-state index contributed by atoms with van der Waals surface area (Å²) in [5.74, 6) is 0.682. The highest BCUT2D eigenvalue weighted by molar-refractivity contribution is 5.98. The second-order valence-corrected chi connectivity index (χ2v) is 6.25. The van der Waals surface area contributed by atoms with Gasteiger partial charge in [-0.2, -0.15) is 0 Å². The summed E-state index contributed by atoms with van der Waals surface area (Å²) >= 11 is 0. The molecule has 4 nitrogen and oxygen atoms in total. The zero-order valence-corrected chi connectivity index (χ0v) is 15.1. The Morgan fingerprint density at radius 3 is 2.16 bits per heavy atom. The van der Waals surface area contributed by atoms with Crippen LogP contribution in [0.4, 0.5) is 0 Å². The summed E-state index contributed by atoms with van der Waals surface area (Å²) in [5.41, 5.74) is 1.69. The Hall–Kier alpha value is -2.62. The van der Waals surface area contributed by atoms with Gasteiger partial charge in [-0.05, 0) is 43.7 Å². The second kappa shape index (κ2) is 9.02. The number of hydrogen-bond acceptors (Lipinski definition) is 3. The first-order valence-electron chi connectivity index (χ1n) is 8.52. The molecule has 25 heavy (non-hydrogen) atoms. The fraction of sp³-hybridized carbons (Fsp3) is 0.333. The van der Waals surface area contributed by atoms with Gasteiger partial charge < -0.3 is 9.64 Å². The quantitative estimate of drug-likeness (QED) is 0.680. The van der Waals surface area contributed by atoms with E-state index in [1.54, 1.807) is 31.4 Å². The van der Waals surface area contributed by atoms with Gasteiger partial charge in [0.1, 0.15) is 5.75 Å². The molecule has 2 rings (SSSR count). The first-order chi connectivity index (χ1) is 12.0. The van der Waals surface area contributed by atoms with Crippen molar-refractivity contribution in [2.45, 2.75) is 39.3 Å². The van der Waals surface area contributed by atoms with Crippen molar-refractivity contribution < 1.29 is 14.3 Å². The maximum Gasteiger partial charge on any atom is 0.223 e. The molecule has 0 heterocycles. The van der Waals surface area contributed by atoms with Crippen LogP contribution in [0.15, 0.2) is 54.6 Å². The average Bonchev–Trinajstić information content (AvgIpc) is 2.64. The Morgan fingerprint density at radius 1 is 0.960 bits per heavy atom. The van der Waals surface area contributed by atoms with E-state index >= 15 is 0 Å². The summed E-state index contributed by atoms with van der Waals surface area (Å²) in [6.45, 7) is 4.55. The minimum Gasteiger partial charge on any atom is -0.497 e. The molecule has 0 spiro atoms. The SMILES string of the molecule is COc1ccc(C(=O)CCC(=O)N(Cc2ccccc2)C(C)C)cc1. The van der Waals surface area contributed by atoms with E-state index in [1.165, 1.54) is 0 Å². The van der Waals surface area contributed by atoms with Crippen molar-refractivity contribution in [3.05, 3.63) is 65.7 Å². The predicted octanol–water partition coefficient (Wildman–Crippen LogP) is 4.10. The molecule has 0 radical (unpaired) electrons. The minimum absolute atomic E-state index is 0.000662. The number of benzene rings is 2. The van der Waals surface area contributed by atoms with Crippen LogP contribution in [0.1, 0.15) is 42.6 Å². The summed E-state index contributed by atoms with van der Waals surface area (Å²) in [7, 11) is 1.59. The molecule has 132 valence electrons. The average molecular weight is 339 g/mol. The third-order valence-corrected chi connectivity index (χ3v) is 4.12. The maximum absolute atomic E-state index is 12.6. The second-order valence-electron chi connectivity index (χ2n) is 6.25. The highest BCUT2D eigenvalue weighted by Gasteiger charge is 2.18. The van der Waals surface area contributed by atoms with E-state index in [0.717, 1.165) is 5.56 Å². The van der Waals surface area contributed by atoms with Crippen molar-refractivity contribution in [2.24, 2.45) is 0 Å². The van der Waals surface area contributed by atoms with Gasteiger partial charge in [0.15, 0.2) is 5.78 Å². The molecule has 0 saturated heterocycles. The fourth-order valence-corrected chi connectivity index (χ4v) is 2.62. The standard InChI is InChI=1S/C21H25NO3/c1-16(2)22(15-17-7-5-4-6-8-17)21(24)14-13-20(23)18-9-11-19(25-3)12-10-18/h4-12,16H,13-15H2,1-3H3. The summed E-state index contributed by atoms with van der Waals surface area (Å²) in [6.07, 6.45) is 0.430. The zero-order valence-electron chi connectivity index (χ0n) is 15.1. The lowest BCUT2D eigenvalue weighted by Gasteiger charge is -2.27. The highest BCUT2D eigenvalue weighted by Crippen LogP contribution is 2.15. The van der Waals surface area contributed by atoms with Gasteiger partial charge in [-0.3, -0.25) is 9.59 Å². The van der Waals surface area contributed by atoms with E-state index in [0.29, 0.717) is 17.9 Å². The van der Waals surface area contributed by atoms with Crippen molar-refractivity contribution in [2.75, 3.05) is 7.11 Å². The Kier molecular flexibility index (Phi) is 6.75. The number of nitrogens with zero attached hydrogens (tertiary/aromatic N) is 1. The molecular formula is C21H25NO3. The van der Waals surface area contributed by atoms with Crippen LogP contribution in [0.3, 0.4) is 0 Å². The molecule has 0 aliphatic carbocycles. The van der Waals surface area contributed by atoms with Gasteiger partial charge in [-0.25, -0.2) is 0 Å². The number of Topliss-reactive ketones (excluding diaryl/α,β-unsaturated/α-hetero) is 1. The molecule has 4 heteroatoms. The summed E-state index contributed by atoms with van der Waals surface area (Å²) in [5, 5.41) is 0. The van der Waals surface area contributed by atoms with E-state index in [1.807, 2.05) is 49.1 Å². The van der Waals surface area contributed by atoms with Crippen molar-refractivity contribution in [3.63, 3.8) is 0 Å². The number of ketones is 1. The van der Waals surface area contributed by atoms with Crippen LogP contribution in [0, 0.1) is 0 Å². The van der Waals surface area contributed by atoms with Gasteiger partial charge in [0.25, 0.3) is 0 Å². The number of methoxy groups -OCH3 is 1. The van der Waals surface area contributed by atoms with Crippen LogP contribution in [-0.2, 0) is 11.3 Å². The third kappa shape index (κ3) is 5.45. The number of carbonyl (C=O) groups is 2. The number of ether oxygens (including phenoxy) is 1. The predicted molar refractivity (Wildman–Crippen MR) is 98.7 cm³/mol. The van der Waals surface area contributed by atoms with Crippen LogP contribution >= 0.6 is 0 Å². The van der Waals surface area contributed by atoms with Crippen LogP contribution in [0.25, 0.3) is 0 Å². The van der Waals surface area contributed by atoms with Crippen LogP contribution in [0.5, 0.6) is 5.75 Å². The first-order valence-corrected chi connectivity index (χ1v) is 8.52. The van der Waals surface area contributed by atoms with E-state index in [-0.39, 0.29) is 30.6 Å². The molecule has 2 aromatic rings. The molecule has 0 aliphatic rings. The molecule has 1 amide bonds. The molecule has 0 atom stereocenters. The molecule has 0 saturated carbocycles. The van der Waals surface area contributed by atoms with E-state index in [2.05, 4.69) is 0 Å². The van der Waals surface area contributed by atoms with Crippen molar-refractivity contribution in [3.8, 4) is 5.75 Å². The largest absolute Gasteiger partial charge is 0.497 e. The Morgan fingerprint density at radius 2 is 1.60 bits per heavy atom. The molecule has 0 fully saturated rings.